The Balaban J connectivity index is 1.96. The van der Waals surface area contributed by atoms with Gasteiger partial charge in [0.1, 0.15) is 0 Å². The van der Waals surface area contributed by atoms with Crippen LogP contribution in [0.15, 0.2) is 30.3 Å². The van der Waals surface area contributed by atoms with Crippen LogP contribution in [-0.4, -0.2) is 18.5 Å². The fourth-order valence-electron chi connectivity index (χ4n) is 1.80. The van der Waals surface area contributed by atoms with Gasteiger partial charge in [0, 0.05) is 13.3 Å². The molecule has 4 nitrogen and oxygen atoms in total. The van der Waals surface area contributed by atoms with Crippen molar-refractivity contribution in [3.63, 3.8) is 0 Å². The number of rotatable bonds is 4. The Bertz CT molecular complexity index is 368. The zero-order valence-corrected chi connectivity index (χ0v) is 9.85. The van der Waals surface area contributed by atoms with Gasteiger partial charge in [-0.2, -0.15) is 0 Å². The Morgan fingerprint density at radius 2 is 2.18 bits per heavy atom. The van der Waals surface area contributed by atoms with Crippen molar-refractivity contribution in [3.8, 4) is 0 Å². The molecule has 1 unspecified atom stereocenters. The lowest BCUT2D eigenvalue weighted by atomic mass is 10.2. The van der Waals surface area contributed by atoms with Gasteiger partial charge in [-0.1, -0.05) is 30.3 Å². The van der Waals surface area contributed by atoms with Crippen LogP contribution < -0.4 is 0 Å². The van der Waals surface area contributed by atoms with Crippen molar-refractivity contribution < 1.29 is 19.0 Å². The number of benzene rings is 1. The summed E-state index contributed by atoms with van der Waals surface area (Å²) >= 11 is 0. The Hall–Kier alpha value is -1.39. The molecule has 0 radical (unpaired) electrons. The number of hydrogen-bond acceptors (Lipinski definition) is 4. The Morgan fingerprint density at radius 3 is 2.76 bits per heavy atom. The van der Waals surface area contributed by atoms with Crippen LogP contribution in [-0.2, 0) is 25.6 Å². The molecule has 17 heavy (non-hydrogen) atoms. The van der Waals surface area contributed by atoms with Gasteiger partial charge in [0.25, 0.3) is 0 Å². The van der Waals surface area contributed by atoms with Crippen molar-refractivity contribution >= 4 is 5.97 Å². The average molecular weight is 236 g/mol. The summed E-state index contributed by atoms with van der Waals surface area (Å²) < 4.78 is 16.2. The molecule has 92 valence electrons. The van der Waals surface area contributed by atoms with Gasteiger partial charge < -0.3 is 14.2 Å². The quantitative estimate of drug-likeness (QED) is 0.594. The highest BCUT2D eigenvalue weighted by atomic mass is 16.9. The molecule has 0 bridgehead atoms. The van der Waals surface area contributed by atoms with Gasteiger partial charge in [-0.15, -0.1) is 0 Å². The average Bonchev–Trinajstić information content (AvgIpc) is 2.76. The molecule has 0 aromatic heterocycles. The molecule has 1 aliphatic heterocycles. The number of esters is 1. The van der Waals surface area contributed by atoms with Gasteiger partial charge in [-0.3, -0.25) is 4.79 Å². The van der Waals surface area contributed by atoms with E-state index in [1.54, 1.807) is 0 Å². The summed E-state index contributed by atoms with van der Waals surface area (Å²) in [5, 5.41) is 0. The Morgan fingerprint density at radius 1 is 1.41 bits per heavy atom. The monoisotopic (exact) mass is 236 g/mol. The minimum Gasteiger partial charge on any atom is -0.408 e. The third-order valence-electron chi connectivity index (χ3n) is 2.55. The fourth-order valence-corrected chi connectivity index (χ4v) is 1.80. The molecule has 0 N–H and O–H groups in total. The van der Waals surface area contributed by atoms with Gasteiger partial charge >= 0.3 is 11.9 Å². The number of ether oxygens (including phenoxy) is 3. The second kappa shape index (κ2) is 5.29. The Kier molecular flexibility index (Phi) is 3.76. The fraction of sp³-hybridized carbons (Fsp3) is 0.462. The molecule has 0 aliphatic carbocycles. The van der Waals surface area contributed by atoms with Crippen molar-refractivity contribution in [3.05, 3.63) is 35.9 Å². The van der Waals surface area contributed by atoms with Gasteiger partial charge in [-0.05, 0) is 12.0 Å². The highest BCUT2D eigenvalue weighted by Crippen LogP contribution is 2.29. The van der Waals surface area contributed by atoms with Gasteiger partial charge in [0.05, 0.1) is 13.2 Å². The maximum Gasteiger partial charge on any atom is 0.329 e. The predicted octanol–water partition coefficient (Wildman–Crippen LogP) is 2.23. The first-order valence-electron chi connectivity index (χ1n) is 5.72. The smallest absolute Gasteiger partial charge is 0.329 e. The van der Waals surface area contributed by atoms with E-state index in [1.165, 1.54) is 6.92 Å². The Labute approximate surface area is 100 Å². The SMILES string of the molecule is CC(=O)OC1(OCc2ccccc2)CCCO1. The van der Waals surface area contributed by atoms with E-state index in [0.717, 1.165) is 12.0 Å². The largest absolute Gasteiger partial charge is 0.408 e. The molecule has 1 atom stereocenters. The number of hydrogen-bond donors (Lipinski definition) is 0. The molecule has 1 saturated heterocycles. The first-order valence-corrected chi connectivity index (χ1v) is 5.72. The van der Waals surface area contributed by atoms with E-state index in [1.807, 2.05) is 30.3 Å². The normalized spacial score (nSPS) is 23.6. The minimum absolute atomic E-state index is 0.369. The first kappa shape index (κ1) is 12.1. The van der Waals surface area contributed by atoms with Crippen LogP contribution in [0.2, 0.25) is 0 Å². The summed E-state index contributed by atoms with van der Waals surface area (Å²) in [5.41, 5.74) is 1.02. The van der Waals surface area contributed by atoms with Crippen molar-refractivity contribution in [2.75, 3.05) is 6.61 Å². The second-order valence-corrected chi connectivity index (χ2v) is 4.00. The summed E-state index contributed by atoms with van der Waals surface area (Å²) in [6.07, 6.45) is 1.42. The highest BCUT2D eigenvalue weighted by molar-refractivity contribution is 5.66. The maximum atomic E-state index is 11.0. The van der Waals surface area contributed by atoms with E-state index in [-0.39, 0.29) is 5.97 Å². The molecule has 1 aliphatic rings. The minimum atomic E-state index is -1.18. The standard InChI is InChI=1S/C13H16O4/c1-11(14)17-13(8-5-9-15-13)16-10-12-6-3-2-4-7-12/h2-4,6-7H,5,8-10H2,1H3. The topological polar surface area (TPSA) is 44.8 Å². The third-order valence-corrected chi connectivity index (χ3v) is 2.55. The summed E-state index contributed by atoms with van der Waals surface area (Å²) in [7, 11) is 0. The number of carbonyl (C=O) groups excluding carboxylic acids is 1. The molecule has 2 rings (SSSR count). The lowest BCUT2D eigenvalue weighted by Crippen LogP contribution is -2.36. The van der Waals surface area contributed by atoms with Gasteiger partial charge in [-0.25, -0.2) is 0 Å². The van der Waals surface area contributed by atoms with Gasteiger partial charge in [0.2, 0.25) is 0 Å². The van der Waals surface area contributed by atoms with E-state index in [0.29, 0.717) is 19.6 Å². The summed E-state index contributed by atoms with van der Waals surface area (Å²) in [6.45, 7) is 2.28. The summed E-state index contributed by atoms with van der Waals surface area (Å²) in [5.74, 6) is -1.57. The predicted molar refractivity (Wildman–Crippen MR) is 60.9 cm³/mol. The van der Waals surface area contributed by atoms with Crippen molar-refractivity contribution in [2.24, 2.45) is 0 Å². The molecular weight excluding hydrogens is 220 g/mol. The summed E-state index contributed by atoms with van der Waals surface area (Å²) in [4.78, 5) is 11.0. The van der Waals surface area contributed by atoms with Crippen LogP contribution in [0.1, 0.15) is 25.3 Å². The summed E-state index contributed by atoms with van der Waals surface area (Å²) in [6, 6.07) is 9.73. The molecule has 1 heterocycles. The van der Waals surface area contributed by atoms with Crippen molar-refractivity contribution in [1.29, 1.82) is 0 Å². The lowest BCUT2D eigenvalue weighted by molar-refractivity contribution is -0.347. The molecule has 1 aromatic carbocycles. The second-order valence-electron chi connectivity index (χ2n) is 4.00. The lowest BCUT2D eigenvalue weighted by Gasteiger charge is -2.27. The third kappa shape index (κ3) is 3.28. The van der Waals surface area contributed by atoms with E-state index < -0.39 is 5.97 Å². The zero-order valence-electron chi connectivity index (χ0n) is 9.85. The van der Waals surface area contributed by atoms with Crippen LogP contribution in [0.25, 0.3) is 0 Å². The molecular formula is C13H16O4. The molecule has 0 saturated carbocycles. The molecule has 0 spiro atoms. The molecule has 4 heteroatoms. The van der Waals surface area contributed by atoms with Crippen molar-refractivity contribution in [1.82, 2.24) is 0 Å². The first-order chi connectivity index (χ1) is 8.20. The van der Waals surface area contributed by atoms with Crippen LogP contribution in [0, 0.1) is 0 Å². The van der Waals surface area contributed by atoms with Gasteiger partial charge in [0.15, 0.2) is 0 Å². The number of carbonyl (C=O) groups is 1. The maximum absolute atomic E-state index is 11.0. The van der Waals surface area contributed by atoms with E-state index in [2.05, 4.69) is 0 Å². The van der Waals surface area contributed by atoms with Crippen LogP contribution in [0.4, 0.5) is 0 Å². The van der Waals surface area contributed by atoms with Crippen LogP contribution in [0.3, 0.4) is 0 Å². The highest BCUT2D eigenvalue weighted by Gasteiger charge is 2.40. The zero-order chi connectivity index (χ0) is 12.1. The van der Waals surface area contributed by atoms with Crippen molar-refractivity contribution in [2.45, 2.75) is 32.3 Å². The molecule has 1 fully saturated rings. The van der Waals surface area contributed by atoms with E-state index in [4.69, 9.17) is 14.2 Å². The molecule has 1 aromatic rings. The van der Waals surface area contributed by atoms with Crippen LogP contribution in [0.5, 0.6) is 0 Å². The van der Waals surface area contributed by atoms with E-state index >= 15 is 0 Å². The van der Waals surface area contributed by atoms with Crippen LogP contribution >= 0.6 is 0 Å². The molecule has 0 amide bonds. The van der Waals surface area contributed by atoms with E-state index in [9.17, 15) is 4.79 Å².